The number of nitrogens with zero attached hydrogens (tertiary/aromatic N) is 1. The first-order chi connectivity index (χ1) is 11.6. The Balaban J connectivity index is 1.76. The molecule has 0 aliphatic carbocycles. The van der Waals surface area contributed by atoms with Crippen LogP contribution in [-0.4, -0.2) is 26.2 Å². The van der Waals surface area contributed by atoms with Crippen LogP contribution < -0.4 is 19.7 Å². The maximum absolute atomic E-state index is 12.7. The average Bonchev–Trinajstić information content (AvgIpc) is 2.89. The Kier molecular flexibility index (Phi) is 4.42. The van der Waals surface area contributed by atoms with Gasteiger partial charge in [-0.05, 0) is 61.5 Å². The second-order valence-corrected chi connectivity index (χ2v) is 5.55. The Morgan fingerprint density at radius 1 is 0.917 bits per heavy atom. The maximum Gasteiger partial charge on any atom is 0.274 e. The summed E-state index contributed by atoms with van der Waals surface area (Å²) in [6.45, 7) is 1.99. The van der Waals surface area contributed by atoms with E-state index in [1.165, 1.54) is 0 Å². The summed E-state index contributed by atoms with van der Waals surface area (Å²) in [4.78, 5) is 14.5. The quantitative estimate of drug-likeness (QED) is 0.915. The Labute approximate surface area is 141 Å². The lowest BCUT2D eigenvalue weighted by atomic mass is 10.2. The van der Waals surface area contributed by atoms with Crippen LogP contribution in [0.15, 0.2) is 60.3 Å². The standard InChI is InChI=1S/C19H20N2O3/c1-13-12-18(20-14-4-8-16(23-2)9-5-14)19(22)21(13)15-6-10-17(24-3)11-7-15/h4-13,20H,1-3H3. The highest BCUT2D eigenvalue weighted by Crippen LogP contribution is 2.28. The van der Waals surface area contributed by atoms with Crippen molar-refractivity contribution in [2.45, 2.75) is 13.0 Å². The van der Waals surface area contributed by atoms with Crippen molar-refractivity contribution < 1.29 is 14.3 Å². The molecule has 2 aromatic rings. The summed E-state index contributed by atoms with van der Waals surface area (Å²) in [5, 5.41) is 3.18. The van der Waals surface area contributed by atoms with Crippen LogP contribution in [0.1, 0.15) is 6.92 Å². The van der Waals surface area contributed by atoms with Crippen molar-refractivity contribution in [3.05, 3.63) is 60.3 Å². The van der Waals surface area contributed by atoms with Crippen molar-refractivity contribution in [3.63, 3.8) is 0 Å². The largest absolute Gasteiger partial charge is 0.497 e. The molecule has 1 atom stereocenters. The van der Waals surface area contributed by atoms with Gasteiger partial charge in [-0.3, -0.25) is 4.79 Å². The predicted octanol–water partition coefficient (Wildman–Crippen LogP) is 3.43. The molecule has 124 valence electrons. The molecule has 5 heteroatoms. The summed E-state index contributed by atoms with van der Waals surface area (Å²) in [6, 6.07) is 14.9. The number of methoxy groups -OCH3 is 2. The van der Waals surface area contributed by atoms with Gasteiger partial charge in [0.15, 0.2) is 0 Å². The van der Waals surface area contributed by atoms with Crippen molar-refractivity contribution in [1.82, 2.24) is 0 Å². The fourth-order valence-corrected chi connectivity index (χ4v) is 2.72. The van der Waals surface area contributed by atoms with Crippen molar-refractivity contribution in [3.8, 4) is 11.5 Å². The summed E-state index contributed by atoms with van der Waals surface area (Å²) in [5.74, 6) is 1.49. The summed E-state index contributed by atoms with van der Waals surface area (Å²) >= 11 is 0. The first-order valence-corrected chi connectivity index (χ1v) is 7.73. The van der Waals surface area contributed by atoms with Gasteiger partial charge >= 0.3 is 0 Å². The lowest BCUT2D eigenvalue weighted by molar-refractivity contribution is -0.114. The number of carbonyl (C=O) groups is 1. The summed E-state index contributed by atoms with van der Waals surface area (Å²) in [7, 11) is 3.25. The van der Waals surface area contributed by atoms with Gasteiger partial charge in [-0.1, -0.05) is 0 Å². The van der Waals surface area contributed by atoms with Gasteiger partial charge in [0.25, 0.3) is 5.91 Å². The van der Waals surface area contributed by atoms with Crippen LogP contribution in [0, 0.1) is 0 Å². The molecule has 0 aromatic heterocycles. The molecule has 0 saturated carbocycles. The number of carbonyl (C=O) groups excluding carboxylic acids is 1. The van der Waals surface area contributed by atoms with E-state index in [2.05, 4.69) is 5.32 Å². The van der Waals surface area contributed by atoms with E-state index < -0.39 is 0 Å². The molecule has 1 aliphatic rings. The molecule has 1 aliphatic heterocycles. The Morgan fingerprint density at radius 3 is 2.00 bits per heavy atom. The number of nitrogens with one attached hydrogen (secondary N) is 1. The molecule has 1 amide bonds. The van der Waals surface area contributed by atoms with Gasteiger partial charge in [0.2, 0.25) is 0 Å². The molecule has 0 radical (unpaired) electrons. The van der Waals surface area contributed by atoms with Crippen LogP contribution in [0.2, 0.25) is 0 Å². The number of anilines is 2. The molecule has 0 saturated heterocycles. The molecule has 1 N–H and O–H groups in total. The molecule has 0 bridgehead atoms. The van der Waals surface area contributed by atoms with Gasteiger partial charge < -0.3 is 19.7 Å². The highest BCUT2D eigenvalue weighted by molar-refractivity contribution is 6.10. The number of rotatable bonds is 5. The van der Waals surface area contributed by atoms with E-state index in [-0.39, 0.29) is 11.9 Å². The lowest BCUT2D eigenvalue weighted by Crippen LogP contribution is -2.33. The third-order valence-electron chi connectivity index (χ3n) is 3.98. The Bertz CT molecular complexity index is 751. The molecular formula is C19H20N2O3. The first-order valence-electron chi connectivity index (χ1n) is 7.73. The van der Waals surface area contributed by atoms with E-state index in [4.69, 9.17) is 9.47 Å². The minimum Gasteiger partial charge on any atom is -0.497 e. The average molecular weight is 324 g/mol. The predicted molar refractivity (Wildman–Crippen MR) is 94.6 cm³/mol. The normalized spacial score (nSPS) is 16.8. The third-order valence-corrected chi connectivity index (χ3v) is 3.98. The fourth-order valence-electron chi connectivity index (χ4n) is 2.72. The van der Waals surface area contributed by atoms with E-state index in [0.717, 1.165) is 22.9 Å². The molecule has 3 rings (SSSR count). The van der Waals surface area contributed by atoms with Crippen molar-refractivity contribution in [1.29, 1.82) is 0 Å². The number of hydrogen-bond donors (Lipinski definition) is 1. The molecule has 0 fully saturated rings. The van der Waals surface area contributed by atoms with E-state index >= 15 is 0 Å². The van der Waals surface area contributed by atoms with Crippen molar-refractivity contribution in [2.24, 2.45) is 0 Å². The highest BCUT2D eigenvalue weighted by Gasteiger charge is 2.30. The summed E-state index contributed by atoms with van der Waals surface area (Å²) in [5.41, 5.74) is 2.26. The molecule has 1 unspecified atom stereocenters. The Hall–Kier alpha value is -2.95. The molecular weight excluding hydrogens is 304 g/mol. The Morgan fingerprint density at radius 2 is 1.46 bits per heavy atom. The third kappa shape index (κ3) is 3.06. The zero-order chi connectivity index (χ0) is 17.1. The monoisotopic (exact) mass is 324 g/mol. The highest BCUT2D eigenvalue weighted by atomic mass is 16.5. The van der Waals surface area contributed by atoms with Crippen molar-refractivity contribution >= 4 is 17.3 Å². The van der Waals surface area contributed by atoms with Crippen LogP contribution >= 0.6 is 0 Å². The second kappa shape index (κ2) is 6.66. The van der Waals surface area contributed by atoms with Gasteiger partial charge in [-0.2, -0.15) is 0 Å². The lowest BCUT2D eigenvalue weighted by Gasteiger charge is -2.22. The number of benzene rings is 2. The first kappa shape index (κ1) is 15.9. The van der Waals surface area contributed by atoms with Crippen LogP contribution in [0.4, 0.5) is 11.4 Å². The summed E-state index contributed by atoms with van der Waals surface area (Å²) in [6.07, 6.45) is 1.93. The topological polar surface area (TPSA) is 50.8 Å². The molecule has 2 aromatic carbocycles. The van der Waals surface area contributed by atoms with E-state index in [1.807, 2.05) is 61.5 Å². The van der Waals surface area contributed by atoms with Gasteiger partial charge in [-0.15, -0.1) is 0 Å². The van der Waals surface area contributed by atoms with Crippen LogP contribution in [-0.2, 0) is 4.79 Å². The zero-order valence-corrected chi connectivity index (χ0v) is 13.9. The minimum absolute atomic E-state index is 0.0216. The van der Waals surface area contributed by atoms with E-state index in [1.54, 1.807) is 19.1 Å². The van der Waals surface area contributed by atoms with Gasteiger partial charge in [0, 0.05) is 11.4 Å². The molecule has 1 heterocycles. The van der Waals surface area contributed by atoms with Crippen LogP contribution in [0.3, 0.4) is 0 Å². The van der Waals surface area contributed by atoms with Crippen LogP contribution in [0.5, 0.6) is 11.5 Å². The summed E-state index contributed by atoms with van der Waals surface area (Å²) < 4.78 is 10.3. The fraction of sp³-hybridized carbons (Fsp3) is 0.211. The van der Waals surface area contributed by atoms with Gasteiger partial charge in [-0.25, -0.2) is 0 Å². The number of ether oxygens (including phenoxy) is 2. The second-order valence-electron chi connectivity index (χ2n) is 5.55. The smallest absolute Gasteiger partial charge is 0.274 e. The van der Waals surface area contributed by atoms with Crippen molar-refractivity contribution in [2.75, 3.05) is 24.4 Å². The molecule has 0 spiro atoms. The zero-order valence-electron chi connectivity index (χ0n) is 13.9. The number of hydrogen-bond acceptors (Lipinski definition) is 4. The maximum atomic E-state index is 12.7. The SMILES string of the molecule is COc1ccc(NC2=CC(C)N(c3ccc(OC)cc3)C2=O)cc1. The van der Waals surface area contributed by atoms with Gasteiger partial charge in [0.05, 0.1) is 20.3 Å². The van der Waals surface area contributed by atoms with E-state index in [9.17, 15) is 4.79 Å². The van der Waals surface area contributed by atoms with Gasteiger partial charge in [0.1, 0.15) is 17.2 Å². The minimum atomic E-state index is -0.0523. The molecule has 24 heavy (non-hydrogen) atoms. The number of amides is 1. The molecule has 5 nitrogen and oxygen atoms in total. The van der Waals surface area contributed by atoms with Crippen LogP contribution in [0.25, 0.3) is 0 Å². The van der Waals surface area contributed by atoms with E-state index in [0.29, 0.717) is 5.70 Å².